The summed E-state index contributed by atoms with van der Waals surface area (Å²) in [6.45, 7) is 7.10. The Morgan fingerprint density at radius 1 is 0.663 bits per heavy atom. The third-order valence-corrected chi connectivity index (χ3v) is 14.1. The number of aryl methyl sites for hydroxylation is 2. The van der Waals surface area contributed by atoms with E-state index in [4.69, 9.17) is 22.3 Å². The number of anilines is 2. The number of halogens is 2. The number of benzene rings is 6. The molecule has 2 aromatic heterocycles. The number of nitrogen functional groups attached to an aromatic ring is 1. The molecule has 4 atom stereocenters. The van der Waals surface area contributed by atoms with Crippen LogP contribution >= 0.6 is 0 Å². The fourth-order valence-electron chi connectivity index (χ4n) is 9.74. The third-order valence-electron chi connectivity index (χ3n) is 14.1. The van der Waals surface area contributed by atoms with Crippen molar-refractivity contribution in [2.75, 3.05) is 37.2 Å². The van der Waals surface area contributed by atoms with Gasteiger partial charge in [0.2, 0.25) is 5.91 Å². The molecule has 2 saturated heterocycles. The molecule has 4 heterocycles. The number of nitrogens with two attached hydrogens (primary N) is 2. The number of hydrogen-bond acceptors (Lipinski definition) is 13. The predicted molar refractivity (Wildman–Crippen MR) is 313 cm³/mol. The Morgan fingerprint density at radius 3 is 1.47 bits per heavy atom. The average Bonchev–Trinajstić information content (AvgIpc) is 4.39. The molecule has 1 amide bonds. The van der Waals surface area contributed by atoms with Crippen molar-refractivity contribution in [2.24, 2.45) is 56.9 Å². The van der Waals surface area contributed by atoms with E-state index in [1.165, 1.54) is 35.4 Å². The second-order valence-electron chi connectivity index (χ2n) is 19.3. The number of carbonyl (C=O) groups excluding carboxylic acids is 1. The van der Waals surface area contributed by atoms with Crippen LogP contribution in [0.15, 0.2) is 172 Å². The van der Waals surface area contributed by atoms with Gasteiger partial charge in [0.25, 0.3) is 0 Å². The van der Waals surface area contributed by atoms with Crippen LogP contribution in [0.2, 0.25) is 0 Å². The molecule has 2 aliphatic heterocycles. The molecular formula is C58H74F2LiN17O5. The molecule has 83 heavy (non-hydrogen) atoms. The van der Waals surface area contributed by atoms with E-state index in [0.29, 0.717) is 43.9 Å². The number of aliphatic hydroxyl groups is 2. The van der Waals surface area contributed by atoms with Gasteiger partial charge in [-0.25, -0.2) is 8.78 Å². The van der Waals surface area contributed by atoms with Gasteiger partial charge in [0, 0.05) is 73.5 Å². The standard InChI is InChI=1S/C28H29FN4O2.C14H12FN3.C14H19NO3.2CH4.Li.H3N5.H2N4.H/c1-19(34)28(14-15-33(18-28)17-20-6-4-3-5-7-20)27(35)30-23-12-13-25-24(16-23)26(31-32(25)2)21-8-10-22(29)11-9-21;1-18-13-7-6-11(16)8-12(13)14(17-18)9-2-4-10(15)5-3-9;1-11(16)14(13(17)18)7-8-15(10-14)9-12-5-3-2-4-6-12;;;;1-3-5-4-2;1-3-4-2;/h3-13,16,19,34H,14-15,17-18H2,1-2H3,(H,30,35);2-8H,16H2,1H3;2-6,11,16H,7-10H2,1H3,(H,17,18);2*1H4;;(H3,1,2,5);1-2H;/q;;;;;+1;;;-1. The minimum atomic E-state index is -1.01. The molecule has 8 aromatic rings. The summed E-state index contributed by atoms with van der Waals surface area (Å²) in [5, 5.41) is 56.0. The number of nitrogens with zero attached hydrogens (tertiary/aromatic N) is 11. The number of likely N-dealkylation sites (tertiary alicyclic amines) is 2. The number of aromatic nitrogens is 4. The Labute approximate surface area is 494 Å². The van der Waals surface area contributed by atoms with E-state index in [1.807, 2.05) is 99.0 Å². The Balaban J connectivity index is 0.000000418. The van der Waals surface area contributed by atoms with E-state index < -0.39 is 29.0 Å². The largest absolute Gasteiger partial charge is 1.00 e. The molecule has 0 aliphatic carbocycles. The zero-order valence-electron chi connectivity index (χ0n) is 46.7. The van der Waals surface area contributed by atoms with Gasteiger partial charge in [-0.3, -0.25) is 28.8 Å². The van der Waals surface area contributed by atoms with E-state index in [1.54, 1.807) is 47.5 Å². The number of aliphatic hydroxyl groups excluding tert-OH is 2. The minimum Gasteiger partial charge on any atom is -1.00 e. The molecule has 11 N–H and O–H groups in total. The first-order valence-electron chi connectivity index (χ1n) is 25.2. The van der Waals surface area contributed by atoms with E-state index >= 15 is 0 Å². The van der Waals surface area contributed by atoms with Gasteiger partial charge in [-0.2, -0.15) is 26.8 Å². The molecule has 25 heteroatoms. The number of aliphatic carboxylic acids is 1. The smallest absolute Gasteiger partial charge is 1.00 e. The summed E-state index contributed by atoms with van der Waals surface area (Å²) in [6.07, 6.45) is -0.525. The zero-order chi connectivity index (χ0) is 58.0. The van der Waals surface area contributed by atoms with Crippen molar-refractivity contribution >= 4 is 45.1 Å². The molecular weight excluding hydrogens is 1060 g/mol. The fourth-order valence-corrected chi connectivity index (χ4v) is 9.74. The van der Waals surface area contributed by atoms with Crippen LogP contribution in [0.5, 0.6) is 0 Å². The second kappa shape index (κ2) is 32.2. The van der Waals surface area contributed by atoms with E-state index in [0.717, 1.165) is 64.0 Å². The van der Waals surface area contributed by atoms with Gasteiger partial charge in [-0.05, 0) is 157 Å². The first kappa shape index (κ1) is 68.8. The number of amides is 1. The molecule has 0 spiro atoms. The van der Waals surface area contributed by atoms with Crippen molar-refractivity contribution in [2.45, 2.75) is 66.8 Å². The van der Waals surface area contributed by atoms with Gasteiger partial charge < -0.3 is 33.6 Å². The number of carbonyl (C=O) groups is 2. The topological polar surface area (TPSA) is 334 Å². The van der Waals surface area contributed by atoms with E-state index in [9.17, 15) is 33.7 Å². The summed E-state index contributed by atoms with van der Waals surface area (Å²) in [5.74, 6) is 2.75. The van der Waals surface area contributed by atoms with Crippen molar-refractivity contribution in [3.8, 4) is 22.5 Å². The van der Waals surface area contributed by atoms with Crippen LogP contribution in [0.1, 0.15) is 54.1 Å². The van der Waals surface area contributed by atoms with Crippen LogP contribution < -0.4 is 35.8 Å². The average molecular weight is 1130 g/mol. The molecule has 22 nitrogen and oxygen atoms in total. The van der Waals surface area contributed by atoms with Crippen molar-refractivity contribution in [3.63, 3.8) is 0 Å². The first-order chi connectivity index (χ1) is 38.4. The van der Waals surface area contributed by atoms with Crippen LogP contribution in [0, 0.1) is 39.1 Å². The van der Waals surface area contributed by atoms with Gasteiger partial charge in [0.05, 0.1) is 28.7 Å². The van der Waals surface area contributed by atoms with Gasteiger partial charge in [-0.1, -0.05) is 80.7 Å². The van der Waals surface area contributed by atoms with Gasteiger partial charge >= 0.3 is 24.8 Å². The van der Waals surface area contributed by atoms with E-state index in [2.05, 4.69) is 69.4 Å². The Hall–Kier alpha value is -8.50. The fraction of sp³-hybridized carbons (Fsp3) is 0.310. The Morgan fingerprint density at radius 2 is 1.08 bits per heavy atom. The van der Waals surface area contributed by atoms with Crippen molar-refractivity contribution in [1.29, 1.82) is 16.6 Å². The van der Waals surface area contributed by atoms with Crippen molar-refractivity contribution in [3.05, 3.63) is 168 Å². The number of carboxylic acid groups (broad SMARTS) is 1. The normalized spacial score (nSPS) is 16.9. The second-order valence-corrected chi connectivity index (χ2v) is 19.3. The maximum absolute atomic E-state index is 13.5. The monoisotopic (exact) mass is 1130 g/mol. The third kappa shape index (κ3) is 17.5. The Bertz CT molecular complexity index is 3390. The summed E-state index contributed by atoms with van der Waals surface area (Å²) in [4.78, 5) is 29.2. The molecule has 0 radical (unpaired) electrons. The SMILES string of the molecule is C.C.CC(O)C1(C(=O)Nc2ccc3c(c2)c(-c2ccc(F)cc2)nn3C)CCN(Cc2ccccc2)C1.CC(O)C1(C(=O)O)CCN(Cc2ccccc2)C1.Cn1nc(-c2ccc(F)cc2)c2cc(N)ccc21.N=N/N=N/N.N=NN=N.[H-].[Li+]. The maximum atomic E-state index is 13.5. The van der Waals surface area contributed by atoms with Crippen LogP contribution in [0.4, 0.5) is 20.2 Å². The molecule has 2 fully saturated rings. The number of hydrogen-bond donors (Lipinski definition) is 9. The molecule has 4 unspecified atom stereocenters. The molecule has 0 saturated carbocycles. The quantitative estimate of drug-likeness (QED) is 0.0173. The number of fused-ring (bicyclic) bond motifs is 2. The molecule has 2 aliphatic rings. The summed E-state index contributed by atoms with van der Waals surface area (Å²) in [7, 11) is 3.74. The summed E-state index contributed by atoms with van der Waals surface area (Å²) in [6, 6.07) is 44.0. The van der Waals surface area contributed by atoms with Crippen molar-refractivity contribution in [1.82, 2.24) is 29.4 Å². The predicted octanol–water partition coefficient (Wildman–Crippen LogP) is 8.51. The molecule has 6 aromatic carbocycles. The van der Waals surface area contributed by atoms with Crippen LogP contribution in [0.25, 0.3) is 44.3 Å². The van der Waals surface area contributed by atoms with E-state index in [-0.39, 0.29) is 52.7 Å². The summed E-state index contributed by atoms with van der Waals surface area (Å²) >= 11 is 0. The Kier molecular flexibility index (Phi) is 26.7. The number of nitrogens with one attached hydrogen (secondary N) is 4. The van der Waals surface area contributed by atoms with Gasteiger partial charge in [0.15, 0.2) is 0 Å². The molecule has 0 bridgehead atoms. The van der Waals surface area contributed by atoms with Crippen LogP contribution in [-0.2, 0) is 36.8 Å². The zero-order valence-corrected chi connectivity index (χ0v) is 45.7. The van der Waals surface area contributed by atoms with Crippen LogP contribution in [0.3, 0.4) is 0 Å². The number of carboxylic acids is 1. The van der Waals surface area contributed by atoms with Crippen LogP contribution in [-0.4, -0.2) is 94.9 Å². The van der Waals surface area contributed by atoms with Crippen molar-refractivity contribution < 1.29 is 54.0 Å². The summed E-state index contributed by atoms with van der Waals surface area (Å²) < 4.78 is 29.9. The maximum Gasteiger partial charge on any atom is 1.00 e. The molecule has 10 rings (SSSR count). The minimum absolute atomic E-state index is 0. The number of rotatable bonds is 13. The summed E-state index contributed by atoms with van der Waals surface area (Å²) in [5.41, 5.74) is 30.1. The van der Waals surface area contributed by atoms with Gasteiger partial charge in [-0.15, -0.1) is 0 Å². The molecule has 436 valence electrons. The first-order valence-corrected chi connectivity index (χ1v) is 25.2. The van der Waals surface area contributed by atoms with Gasteiger partial charge in [0.1, 0.15) is 28.4 Å².